The summed E-state index contributed by atoms with van der Waals surface area (Å²) in [5.74, 6) is 1.31. The lowest BCUT2D eigenvalue weighted by molar-refractivity contribution is -0.132. The largest absolute Gasteiger partial charge is 0.340 e. The molecule has 0 N–H and O–H groups in total. The minimum Gasteiger partial charge on any atom is -0.340 e. The SMILES string of the molecule is CCN1CCN(C(=O)CCc2nc(-c3cccs3)no2)CC1. The van der Waals surface area contributed by atoms with Gasteiger partial charge in [-0.2, -0.15) is 4.98 Å². The van der Waals surface area contributed by atoms with E-state index in [1.807, 2.05) is 22.4 Å². The quantitative estimate of drug-likeness (QED) is 0.842. The highest BCUT2D eigenvalue weighted by molar-refractivity contribution is 7.13. The van der Waals surface area contributed by atoms with Gasteiger partial charge >= 0.3 is 0 Å². The molecule has 1 fully saturated rings. The Balaban J connectivity index is 1.49. The van der Waals surface area contributed by atoms with E-state index < -0.39 is 0 Å². The van der Waals surface area contributed by atoms with Gasteiger partial charge in [0.05, 0.1) is 4.88 Å². The van der Waals surface area contributed by atoms with E-state index in [-0.39, 0.29) is 5.91 Å². The van der Waals surface area contributed by atoms with Crippen LogP contribution in [0.3, 0.4) is 0 Å². The average Bonchev–Trinajstić information content (AvgIpc) is 3.23. The summed E-state index contributed by atoms with van der Waals surface area (Å²) in [7, 11) is 0. The van der Waals surface area contributed by atoms with E-state index in [0.717, 1.165) is 37.6 Å². The van der Waals surface area contributed by atoms with E-state index in [0.29, 0.717) is 24.6 Å². The molecule has 0 aromatic carbocycles. The van der Waals surface area contributed by atoms with E-state index in [4.69, 9.17) is 4.52 Å². The molecule has 0 radical (unpaired) electrons. The molecule has 7 heteroatoms. The lowest BCUT2D eigenvalue weighted by Gasteiger charge is -2.34. The number of hydrogen-bond donors (Lipinski definition) is 0. The fourth-order valence-corrected chi connectivity index (χ4v) is 3.20. The molecule has 118 valence electrons. The summed E-state index contributed by atoms with van der Waals surface area (Å²) < 4.78 is 5.23. The van der Waals surface area contributed by atoms with Crippen LogP contribution in [0.4, 0.5) is 0 Å². The lowest BCUT2D eigenvalue weighted by atomic mass is 10.2. The first-order valence-electron chi connectivity index (χ1n) is 7.63. The highest BCUT2D eigenvalue weighted by atomic mass is 32.1. The van der Waals surface area contributed by atoms with Crippen molar-refractivity contribution in [3.63, 3.8) is 0 Å². The Morgan fingerprint density at radius 2 is 2.18 bits per heavy atom. The van der Waals surface area contributed by atoms with Crippen LogP contribution >= 0.6 is 11.3 Å². The van der Waals surface area contributed by atoms with Gasteiger partial charge in [0.15, 0.2) is 0 Å². The molecule has 3 heterocycles. The maximum atomic E-state index is 12.2. The van der Waals surface area contributed by atoms with Crippen LogP contribution < -0.4 is 0 Å². The standard InChI is InChI=1S/C15H20N4O2S/c1-2-18-7-9-19(10-8-18)14(20)6-5-13-16-15(17-21-13)12-4-3-11-22-12/h3-4,11H,2,5-10H2,1H3. The van der Waals surface area contributed by atoms with Gasteiger partial charge in [-0.1, -0.05) is 18.1 Å². The molecule has 0 aliphatic carbocycles. The zero-order valence-corrected chi connectivity index (χ0v) is 13.5. The van der Waals surface area contributed by atoms with Crippen molar-refractivity contribution in [2.75, 3.05) is 32.7 Å². The zero-order chi connectivity index (χ0) is 15.4. The van der Waals surface area contributed by atoms with E-state index in [9.17, 15) is 4.79 Å². The highest BCUT2D eigenvalue weighted by Gasteiger charge is 2.20. The van der Waals surface area contributed by atoms with Crippen LogP contribution in [0, 0.1) is 0 Å². The number of carbonyl (C=O) groups is 1. The van der Waals surface area contributed by atoms with Gasteiger partial charge in [0.1, 0.15) is 0 Å². The van der Waals surface area contributed by atoms with Gasteiger partial charge in [-0.3, -0.25) is 4.79 Å². The summed E-state index contributed by atoms with van der Waals surface area (Å²) in [6, 6.07) is 3.91. The van der Waals surface area contributed by atoms with E-state index in [2.05, 4.69) is 22.0 Å². The number of nitrogens with zero attached hydrogens (tertiary/aromatic N) is 4. The highest BCUT2D eigenvalue weighted by Crippen LogP contribution is 2.21. The molecule has 1 saturated heterocycles. The molecule has 0 bridgehead atoms. The Morgan fingerprint density at radius 1 is 1.36 bits per heavy atom. The van der Waals surface area contributed by atoms with Gasteiger partial charge in [0.2, 0.25) is 17.6 Å². The summed E-state index contributed by atoms with van der Waals surface area (Å²) in [6.45, 7) is 6.76. The van der Waals surface area contributed by atoms with Crippen molar-refractivity contribution < 1.29 is 9.32 Å². The second-order valence-corrected chi connectivity index (χ2v) is 6.25. The Hall–Kier alpha value is -1.73. The second kappa shape index (κ2) is 7.02. The molecule has 0 spiro atoms. The Morgan fingerprint density at radius 3 is 2.86 bits per heavy atom. The predicted molar refractivity (Wildman–Crippen MR) is 84.6 cm³/mol. The van der Waals surface area contributed by atoms with Gasteiger partial charge in [-0.15, -0.1) is 11.3 Å². The molecule has 3 rings (SSSR count). The van der Waals surface area contributed by atoms with Crippen LogP contribution in [0.15, 0.2) is 22.0 Å². The van der Waals surface area contributed by atoms with Gasteiger partial charge in [-0.25, -0.2) is 0 Å². The second-order valence-electron chi connectivity index (χ2n) is 5.30. The fraction of sp³-hybridized carbons (Fsp3) is 0.533. The van der Waals surface area contributed by atoms with Gasteiger partial charge in [0, 0.05) is 39.0 Å². The molecule has 22 heavy (non-hydrogen) atoms. The predicted octanol–water partition coefficient (Wildman–Crippen LogP) is 1.89. The molecule has 1 amide bonds. The molecule has 1 aliphatic rings. The van der Waals surface area contributed by atoms with E-state index in [1.165, 1.54) is 0 Å². The van der Waals surface area contributed by atoms with Crippen molar-refractivity contribution in [2.24, 2.45) is 0 Å². The van der Waals surface area contributed by atoms with E-state index in [1.54, 1.807) is 11.3 Å². The van der Waals surface area contributed by atoms with Crippen molar-refractivity contribution in [3.05, 3.63) is 23.4 Å². The molecule has 0 atom stereocenters. The number of piperazine rings is 1. The van der Waals surface area contributed by atoms with Crippen molar-refractivity contribution >= 4 is 17.2 Å². The third kappa shape index (κ3) is 3.53. The first kappa shape index (κ1) is 15.2. The van der Waals surface area contributed by atoms with Crippen LogP contribution in [-0.4, -0.2) is 58.6 Å². The maximum absolute atomic E-state index is 12.2. The minimum absolute atomic E-state index is 0.173. The van der Waals surface area contributed by atoms with Crippen LogP contribution in [0.5, 0.6) is 0 Å². The average molecular weight is 320 g/mol. The van der Waals surface area contributed by atoms with Gasteiger partial charge < -0.3 is 14.3 Å². The summed E-state index contributed by atoms with van der Waals surface area (Å²) in [5.41, 5.74) is 0. The Kier molecular flexibility index (Phi) is 4.84. The normalized spacial score (nSPS) is 16.1. The number of hydrogen-bond acceptors (Lipinski definition) is 6. The first-order valence-corrected chi connectivity index (χ1v) is 8.51. The van der Waals surface area contributed by atoms with Crippen LogP contribution in [0.2, 0.25) is 0 Å². The maximum Gasteiger partial charge on any atom is 0.227 e. The molecule has 2 aromatic rings. The molecule has 0 saturated carbocycles. The first-order chi connectivity index (χ1) is 10.8. The molecular weight excluding hydrogens is 300 g/mol. The number of likely N-dealkylation sites (N-methyl/N-ethyl adjacent to an activating group) is 1. The number of aromatic nitrogens is 2. The summed E-state index contributed by atoms with van der Waals surface area (Å²) in [4.78, 5) is 21.8. The lowest BCUT2D eigenvalue weighted by Crippen LogP contribution is -2.48. The van der Waals surface area contributed by atoms with Crippen LogP contribution in [0.25, 0.3) is 10.7 Å². The fourth-order valence-electron chi connectivity index (χ4n) is 2.55. The molecular formula is C15H20N4O2S. The van der Waals surface area contributed by atoms with E-state index >= 15 is 0 Å². The van der Waals surface area contributed by atoms with Crippen molar-refractivity contribution in [3.8, 4) is 10.7 Å². The van der Waals surface area contributed by atoms with Crippen molar-refractivity contribution in [2.45, 2.75) is 19.8 Å². The molecule has 6 nitrogen and oxygen atoms in total. The topological polar surface area (TPSA) is 62.5 Å². The monoisotopic (exact) mass is 320 g/mol. The molecule has 2 aromatic heterocycles. The number of rotatable bonds is 5. The van der Waals surface area contributed by atoms with Crippen molar-refractivity contribution in [1.29, 1.82) is 0 Å². The molecule has 1 aliphatic heterocycles. The van der Waals surface area contributed by atoms with Crippen molar-refractivity contribution in [1.82, 2.24) is 19.9 Å². The number of thiophene rings is 1. The number of amides is 1. The third-order valence-electron chi connectivity index (χ3n) is 3.93. The minimum atomic E-state index is 0.173. The number of aryl methyl sites for hydroxylation is 1. The summed E-state index contributed by atoms with van der Waals surface area (Å²) in [6.07, 6.45) is 0.934. The Labute approximate surface area is 133 Å². The third-order valence-corrected chi connectivity index (χ3v) is 4.80. The summed E-state index contributed by atoms with van der Waals surface area (Å²) in [5, 5.41) is 5.94. The zero-order valence-electron chi connectivity index (χ0n) is 12.7. The van der Waals surface area contributed by atoms with Crippen LogP contribution in [-0.2, 0) is 11.2 Å². The Bertz CT molecular complexity index is 603. The van der Waals surface area contributed by atoms with Gasteiger partial charge in [-0.05, 0) is 18.0 Å². The summed E-state index contributed by atoms with van der Waals surface area (Å²) >= 11 is 1.57. The smallest absolute Gasteiger partial charge is 0.227 e. The van der Waals surface area contributed by atoms with Crippen LogP contribution in [0.1, 0.15) is 19.2 Å². The van der Waals surface area contributed by atoms with Gasteiger partial charge in [0.25, 0.3) is 0 Å². The number of carbonyl (C=O) groups excluding carboxylic acids is 1. The molecule has 0 unspecified atom stereocenters.